The first-order valence-electron chi connectivity index (χ1n) is 6.64. The summed E-state index contributed by atoms with van der Waals surface area (Å²) in [6.45, 7) is 0. The maximum atomic E-state index is 10.0. The number of halogens is 1. The lowest BCUT2D eigenvalue weighted by Crippen LogP contribution is -2.18. The molecule has 1 aliphatic carbocycles. The van der Waals surface area contributed by atoms with Gasteiger partial charge in [-0.3, -0.25) is 4.98 Å². The SMILES string of the molecule is OC(CSC1CCCCC1)Cc1ccc(Br)cn1. The smallest absolute Gasteiger partial charge is 0.0686 e. The van der Waals surface area contributed by atoms with Crippen LogP contribution in [0, 0.1) is 0 Å². The highest BCUT2D eigenvalue weighted by atomic mass is 79.9. The predicted molar refractivity (Wildman–Crippen MR) is 81.0 cm³/mol. The molecule has 0 radical (unpaired) electrons. The molecule has 1 heterocycles. The summed E-state index contributed by atoms with van der Waals surface area (Å²) in [5.41, 5.74) is 0.968. The Bertz CT molecular complexity index is 351. The third kappa shape index (κ3) is 4.90. The first kappa shape index (κ1) is 14.4. The molecule has 1 saturated carbocycles. The molecule has 0 amide bonds. The first-order valence-corrected chi connectivity index (χ1v) is 8.48. The molecule has 1 atom stereocenters. The second-order valence-electron chi connectivity index (χ2n) is 4.92. The Morgan fingerprint density at radius 2 is 2.11 bits per heavy atom. The maximum Gasteiger partial charge on any atom is 0.0686 e. The summed E-state index contributed by atoms with van der Waals surface area (Å²) in [6.07, 6.45) is 8.95. The highest BCUT2D eigenvalue weighted by Gasteiger charge is 2.16. The van der Waals surface area contributed by atoms with Crippen molar-refractivity contribution in [3.05, 3.63) is 28.5 Å². The number of hydrogen-bond donors (Lipinski definition) is 1. The minimum Gasteiger partial charge on any atom is -0.392 e. The normalized spacial score (nSPS) is 18.8. The molecule has 0 spiro atoms. The number of aliphatic hydroxyl groups excluding tert-OH is 1. The molecule has 18 heavy (non-hydrogen) atoms. The average molecular weight is 330 g/mol. The van der Waals surface area contributed by atoms with E-state index in [0.29, 0.717) is 6.42 Å². The van der Waals surface area contributed by atoms with Gasteiger partial charge in [0.2, 0.25) is 0 Å². The van der Waals surface area contributed by atoms with Gasteiger partial charge >= 0.3 is 0 Å². The van der Waals surface area contributed by atoms with Crippen LogP contribution in [0.15, 0.2) is 22.8 Å². The fourth-order valence-electron chi connectivity index (χ4n) is 2.31. The van der Waals surface area contributed by atoms with Crippen molar-refractivity contribution in [3.8, 4) is 0 Å². The van der Waals surface area contributed by atoms with Gasteiger partial charge < -0.3 is 5.11 Å². The quantitative estimate of drug-likeness (QED) is 0.891. The van der Waals surface area contributed by atoms with Crippen LogP contribution in [-0.2, 0) is 6.42 Å². The minimum atomic E-state index is -0.273. The molecule has 100 valence electrons. The van der Waals surface area contributed by atoms with Crippen LogP contribution in [0.1, 0.15) is 37.8 Å². The van der Waals surface area contributed by atoms with Crippen molar-refractivity contribution >= 4 is 27.7 Å². The lowest BCUT2D eigenvalue weighted by molar-refractivity contribution is 0.198. The summed E-state index contributed by atoms with van der Waals surface area (Å²) in [7, 11) is 0. The van der Waals surface area contributed by atoms with Crippen molar-refractivity contribution in [1.82, 2.24) is 4.98 Å². The van der Waals surface area contributed by atoms with E-state index in [2.05, 4.69) is 20.9 Å². The van der Waals surface area contributed by atoms with Crippen molar-refractivity contribution in [1.29, 1.82) is 0 Å². The van der Waals surface area contributed by atoms with Gasteiger partial charge in [0.25, 0.3) is 0 Å². The zero-order valence-electron chi connectivity index (χ0n) is 10.5. The van der Waals surface area contributed by atoms with E-state index in [4.69, 9.17) is 0 Å². The van der Waals surface area contributed by atoms with E-state index < -0.39 is 0 Å². The Kier molecular flexibility index (Phi) is 5.99. The van der Waals surface area contributed by atoms with Crippen molar-refractivity contribution < 1.29 is 5.11 Å². The van der Waals surface area contributed by atoms with Gasteiger partial charge in [0.05, 0.1) is 6.10 Å². The molecular formula is C14H20BrNOS. The van der Waals surface area contributed by atoms with Crippen LogP contribution < -0.4 is 0 Å². The number of aliphatic hydroxyl groups is 1. The predicted octanol–water partition coefficient (Wildman–Crippen LogP) is 3.81. The monoisotopic (exact) mass is 329 g/mol. The molecule has 0 aliphatic heterocycles. The van der Waals surface area contributed by atoms with E-state index in [9.17, 15) is 5.11 Å². The number of hydrogen-bond acceptors (Lipinski definition) is 3. The standard InChI is InChI=1S/C14H20BrNOS/c15-11-6-7-12(16-9-11)8-13(17)10-18-14-4-2-1-3-5-14/h6-7,9,13-14,17H,1-5,8,10H2. The van der Waals surface area contributed by atoms with Gasteiger partial charge in [0.1, 0.15) is 0 Å². The van der Waals surface area contributed by atoms with Gasteiger partial charge in [-0.2, -0.15) is 11.8 Å². The molecule has 1 aliphatic rings. The summed E-state index contributed by atoms with van der Waals surface area (Å²) in [4.78, 5) is 4.30. The van der Waals surface area contributed by atoms with Crippen molar-refractivity contribution in [2.45, 2.75) is 49.9 Å². The highest BCUT2D eigenvalue weighted by molar-refractivity contribution is 9.10. The topological polar surface area (TPSA) is 33.1 Å². The van der Waals surface area contributed by atoms with Crippen LogP contribution in [0.4, 0.5) is 0 Å². The Morgan fingerprint density at radius 3 is 2.78 bits per heavy atom. The molecular weight excluding hydrogens is 310 g/mol. The zero-order chi connectivity index (χ0) is 12.8. The van der Waals surface area contributed by atoms with Gasteiger partial charge in [0.15, 0.2) is 0 Å². The lowest BCUT2D eigenvalue weighted by atomic mass is 10.0. The minimum absolute atomic E-state index is 0.273. The number of thioether (sulfide) groups is 1. The van der Waals surface area contributed by atoms with Crippen molar-refractivity contribution in [2.75, 3.05) is 5.75 Å². The molecule has 1 unspecified atom stereocenters. The molecule has 0 bridgehead atoms. The highest BCUT2D eigenvalue weighted by Crippen LogP contribution is 2.28. The Balaban J connectivity index is 1.71. The number of rotatable bonds is 5. The van der Waals surface area contributed by atoms with E-state index in [1.165, 1.54) is 32.1 Å². The van der Waals surface area contributed by atoms with Crippen LogP contribution in [0.3, 0.4) is 0 Å². The van der Waals surface area contributed by atoms with Gasteiger partial charge in [0, 0.05) is 33.8 Å². The molecule has 2 nitrogen and oxygen atoms in total. The average Bonchev–Trinajstić information content (AvgIpc) is 2.40. The summed E-state index contributed by atoms with van der Waals surface area (Å²) in [5, 5.41) is 10.8. The second-order valence-corrected chi connectivity index (χ2v) is 7.17. The summed E-state index contributed by atoms with van der Waals surface area (Å²) < 4.78 is 0.984. The Morgan fingerprint density at radius 1 is 1.33 bits per heavy atom. The Labute approximate surface area is 122 Å². The third-order valence-corrected chi connectivity index (χ3v) is 5.30. The van der Waals surface area contributed by atoms with Crippen LogP contribution in [0.2, 0.25) is 0 Å². The molecule has 1 N–H and O–H groups in total. The fraction of sp³-hybridized carbons (Fsp3) is 0.643. The largest absolute Gasteiger partial charge is 0.392 e. The maximum absolute atomic E-state index is 10.0. The molecule has 2 rings (SSSR count). The summed E-state index contributed by atoms with van der Waals surface area (Å²) in [5.74, 6) is 0.836. The van der Waals surface area contributed by atoms with Crippen molar-refractivity contribution in [2.24, 2.45) is 0 Å². The van der Waals surface area contributed by atoms with Crippen LogP contribution in [-0.4, -0.2) is 27.2 Å². The number of pyridine rings is 1. The lowest BCUT2D eigenvalue weighted by Gasteiger charge is -2.22. The van der Waals surface area contributed by atoms with Gasteiger partial charge in [-0.15, -0.1) is 0 Å². The Hall–Kier alpha value is -0.0600. The number of nitrogens with zero attached hydrogens (tertiary/aromatic N) is 1. The first-order chi connectivity index (χ1) is 8.74. The van der Waals surface area contributed by atoms with E-state index in [-0.39, 0.29) is 6.10 Å². The summed E-state index contributed by atoms with van der Waals surface area (Å²) >= 11 is 5.31. The number of aromatic nitrogens is 1. The molecule has 4 heteroatoms. The van der Waals surface area contributed by atoms with Crippen LogP contribution >= 0.6 is 27.7 Å². The molecule has 1 fully saturated rings. The van der Waals surface area contributed by atoms with Crippen molar-refractivity contribution in [3.63, 3.8) is 0 Å². The zero-order valence-corrected chi connectivity index (χ0v) is 12.9. The van der Waals surface area contributed by atoms with E-state index >= 15 is 0 Å². The summed E-state index contributed by atoms with van der Waals surface area (Å²) in [6, 6.07) is 3.95. The van der Waals surface area contributed by atoms with Gasteiger partial charge in [-0.05, 0) is 40.9 Å². The van der Waals surface area contributed by atoms with Gasteiger partial charge in [-0.25, -0.2) is 0 Å². The van der Waals surface area contributed by atoms with E-state index in [1.807, 2.05) is 23.9 Å². The second kappa shape index (κ2) is 7.51. The molecule has 1 aromatic rings. The van der Waals surface area contributed by atoms with Crippen LogP contribution in [0.25, 0.3) is 0 Å². The molecule has 0 aromatic carbocycles. The molecule has 1 aromatic heterocycles. The van der Waals surface area contributed by atoms with Gasteiger partial charge in [-0.1, -0.05) is 19.3 Å². The van der Waals surface area contributed by atoms with Crippen LogP contribution in [0.5, 0.6) is 0 Å². The third-order valence-electron chi connectivity index (χ3n) is 3.31. The fourth-order valence-corrected chi connectivity index (χ4v) is 3.82. The van der Waals surface area contributed by atoms with E-state index in [1.54, 1.807) is 6.20 Å². The van der Waals surface area contributed by atoms with E-state index in [0.717, 1.165) is 21.2 Å². The molecule has 0 saturated heterocycles.